The maximum atomic E-state index is 13.7. The molecular weight excluding hydrogens is 494 g/mol. The molecule has 0 aliphatic rings. The number of nitrogens with one attached hydrogen (secondary N) is 1. The summed E-state index contributed by atoms with van der Waals surface area (Å²) in [7, 11) is -1.26. The van der Waals surface area contributed by atoms with Gasteiger partial charge in [-0.3, -0.25) is 9.10 Å². The van der Waals surface area contributed by atoms with Crippen LogP contribution in [-0.4, -0.2) is 47.4 Å². The van der Waals surface area contributed by atoms with Gasteiger partial charge in [0.25, 0.3) is 15.9 Å². The van der Waals surface area contributed by atoms with E-state index in [1.807, 2.05) is 20.8 Å². The average molecular weight is 526 g/mol. The first-order valence-corrected chi connectivity index (χ1v) is 13.0. The Morgan fingerprint density at radius 2 is 1.62 bits per heavy atom. The van der Waals surface area contributed by atoms with Gasteiger partial charge in [-0.15, -0.1) is 0 Å². The van der Waals surface area contributed by atoms with Crippen LogP contribution in [0.1, 0.15) is 25.0 Å². The molecule has 10 heteroatoms. The number of nitrogens with zero attached hydrogens (tertiary/aromatic N) is 2. The summed E-state index contributed by atoms with van der Waals surface area (Å²) >= 11 is 0. The lowest BCUT2D eigenvalue weighted by Gasteiger charge is -2.25. The Morgan fingerprint density at radius 3 is 2.22 bits per heavy atom. The normalized spacial score (nSPS) is 11.4. The van der Waals surface area contributed by atoms with E-state index in [1.165, 1.54) is 38.6 Å². The zero-order chi connectivity index (χ0) is 27.0. The molecule has 0 aliphatic carbocycles. The van der Waals surface area contributed by atoms with Crippen LogP contribution in [-0.2, 0) is 14.8 Å². The molecule has 0 aliphatic heterocycles. The molecule has 0 aromatic heterocycles. The third kappa shape index (κ3) is 7.23. The molecule has 9 nitrogen and oxygen atoms in total. The molecule has 1 N–H and O–H groups in total. The predicted octanol–water partition coefficient (Wildman–Crippen LogP) is 4.15. The van der Waals surface area contributed by atoms with Crippen LogP contribution in [0.25, 0.3) is 0 Å². The molecule has 0 saturated heterocycles. The van der Waals surface area contributed by atoms with Crippen molar-refractivity contribution in [2.45, 2.75) is 31.8 Å². The SMILES string of the molecule is COc1ccc(OC)c(N(CC(=O)N/N=C\c2ccc(OC(C)C)cc2)S(=O)(=O)c2ccc(C)cc2)c1. The minimum absolute atomic E-state index is 0.0305. The Hall–Kier alpha value is -4.05. The molecular formula is C27H31N3O6S. The Bertz CT molecular complexity index is 1340. The molecule has 0 spiro atoms. The Balaban J connectivity index is 1.86. The molecule has 3 aromatic rings. The number of amides is 1. The van der Waals surface area contributed by atoms with Gasteiger partial charge >= 0.3 is 0 Å². The number of sulfonamides is 1. The van der Waals surface area contributed by atoms with Crippen molar-refractivity contribution in [3.05, 3.63) is 77.9 Å². The number of hydrogen-bond donors (Lipinski definition) is 1. The minimum Gasteiger partial charge on any atom is -0.497 e. The maximum absolute atomic E-state index is 13.7. The number of carbonyl (C=O) groups is 1. The molecule has 37 heavy (non-hydrogen) atoms. The fourth-order valence-corrected chi connectivity index (χ4v) is 4.80. The highest BCUT2D eigenvalue weighted by molar-refractivity contribution is 7.92. The van der Waals surface area contributed by atoms with Gasteiger partial charge in [0, 0.05) is 6.07 Å². The monoisotopic (exact) mass is 525 g/mol. The first kappa shape index (κ1) is 27.5. The minimum atomic E-state index is -4.14. The van der Waals surface area contributed by atoms with Crippen LogP contribution in [0, 0.1) is 6.92 Å². The van der Waals surface area contributed by atoms with Crippen molar-refractivity contribution in [1.82, 2.24) is 5.43 Å². The van der Waals surface area contributed by atoms with E-state index in [-0.39, 0.29) is 22.4 Å². The molecule has 3 aromatic carbocycles. The molecule has 196 valence electrons. The number of benzene rings is 3. The number of carbonyl (C=O) groups excluding carboxylic acids is 1. The number of aryl methyl sites for hydroxylation is 1. The summed E-state index contributed by atoms with van der Waals surface area (Å²) in [5, 5.41) is 3.98. The standard InChI is InChI=1S/C27H31N3O6S/c1-19(2)36-22-10-8-21(9-11-22)17-28-29-27(31)18-30(25-16-23(34-4)12-15-26(25)35-5)37(32,33)24-13-6-20(3)7-14-24/h6-17,19H,18H2,1-5H3,(H,29,31)/b28-17-. The van der Waals surface area contributed by atoms with Crippen molar-refractivity contribution >= 4 is 27.8 Å². The molecule has 0 atom stereocenters. The molecule has 3 rings (SSSR count). The van der Waals surface area contributed by atoms with E-state index < -0.39 is 22.5 Å². The quantitative estimate of drug-likeness (QED) is 0.298. The van der Waals surface area contributed by atoms with E-state index in [1.54, 1.807) is 48.5 Å². The summed E-state index contributed by atoms with van der Waals surface area (Å²) in [6.07, 6.45) is 1.52. The van der Waals surface area contributed by atoms with E-state index in [2.05, 4.69) is 10.5 Å². The van der Waals surface area contributed by atoms with Gasteiger partial charge in [0.2, 0.25) is 0 Å². The molecule has 1 amide bonds. The van der Waals surface area contributed by atoms with Crippen LogP contribution >= 0.6 is 0 Å². The van der Waals surface area contributed by atoms with Gasteiger partial charge in [0.05, 0.1) is 37.1 Å². The molecule has 0 radical (unpaired) electrons. The first-order valence-electron chi connectivity index (χ1n) is 11.5. The number of hydrazone groups is 1. The second-order valence-corrected chi connectivity index (χ2v) is 10.3. The summed E-state index contributed by atoms with van der Waals surface area (Å²) in [4.78, 5) is 12.9. The van der Waals surface area contributed by atoms with Gasteiger partial charge in [-0.25, -0.2) is 13.8 Å². The van der Waals surface area contributed by atoms with Crippen molar-refractivity contribution in [3.63, 3.8) is 0 Å². The number of ether oxygens (including phenoxy) is 3. The summed E-state index contributed by atoms with van der Waals surface area (Å²) in [5.41, 5.74) is 4.19. The highest BCUT2D eigenvalue weighted by atomic mass is 32.2. The molecule has 0 saturated carbocycles. The Labute approximate surface area is 217 Å². The number of hydrogen-bond acceptors (Lipinski definition) is 7. The zero-order valence-corrected chi connectivity index (χ0v) is 22.3. The highest BCUT2D eigenvalue weighted by Gasteiger charge is 2.30. The molecule has 0 heterocycles. The van der Waals surface area contributed by atoms with Gasteiger partial charge in [-0.05, 0) is 74.9 Å². The van der Waals surface area contributed by atoms with Gasteiger partial charge in [0.1, 0.15) is 23.8 Å². The van der Waals surface area contributed by atoms with Crippen molar-refractivity contribution in [2.75, 3.05) is 25.1 Å². The molecule has 0 fully saturated rings. The van der Waals surface area contributed by atoms with Gasteiger partial charge in [-0.2, -0.15) is 5.10 Å². The van der Waals surface area contributed by atoms with Gasteiger partial charge < -0.3 is 14.2 Å². The number of methoxy groups -OCH3 is 2. The second kappa shape index (κ2) is 12.3. The van der Waals surface area contributed by atoms with E-state index in [0.717, 1.165) is 21.2 Å². The van der Waals surface area contributed by atoms with Crippen molar-refractivity contribution < 1.29 is 27.4 Å². The van der Waals surface area contributed by atoms with E-state index in [0.29, 0.717) is 5.75 Å². The molecule has 0 bridgehead atoms. The van der Waals surface area contributed by atoms with Gasteiger partial charge in [0.15, 0.2) is 0 Å². The lowest BCUT2D eigenvalue weighted by atomic mass is 10.2. The van der Waals surface area contributed by atoms with Crippen LogP contribution in [0.4, 0.5) is 5.69 Å². The van der Waals surface area contributed by atoms with Crippen molar-refractivity contribution in [1.29, 1.82) is 0 Å². The van der Waals surface area contributed by atoms with Crippen LogP contribution < -0.4 is 23.9 Å². The fraction of sp³-hybridized carbons (Fsp3) is 0.259. The third-order valence-corrected chi connectivity index (χ3v) is 6.98. The Morgan fingerprint density at radius 1 is 0.973 bits per heavy atom. The summed E-state index contributed by atoms with van der Waals surface area (Å²) in [5.74, 6) is 0.747. The topological polar surface area (TPSA) is 107 Å². The van der Waals surface area contributed by atoms with E-state index in [4.69, 9.17) is 14.2 Å². The lowest BCUT2D eigenvalue weighted by Crippen LogP contribution is -2.39. The smallest absolute Gasteiger partial charge is 0.264 e. The highest BCUT2D eigenvalue weighted by Crippen LogP contribution is 2.35. The second-order valence-electron chi connectivity index (χ2n) is 8.39. The van der Waals surface area contributed by atoms with E-state index in [9.17, 15) is 13.2 Å². The van der Waals surface area contributed by atoms with Crippen LogP contribution in [0.15, 0.2) is 76.7 Å². The lowest BCUT2D eigenvalue weighted by molar-refractivity contribution is -0.119. The number of anilines is 1. The first-order chi connectivity index (χ1) is 17.6. The van der Waals surface area contributed by atoms with Crippen LogP contribution in [0.3, 0.4) is 0 Å². The summed E-state index contributed by atoms with van der Waals surface area (Å²) in [6.45, 7) is 5.19. The largest absolute Gasteiger partial charge is 0.497 e. The van der Waals surface area contributed by atoms with Crippen molar-refractivity contribution in [3.8, 4) is 17.2 Å². The summed E-state index contributed by atoms with van der Waals surface area (Å²) < 4.78 is 44.6. The van der Waals surface area contributed by atoms with Gasteiger partial charge in [-0.1, -0.05) is 17.7 Å². The van der Waals surface area contributed by atoms with Crippen LogP contribution in [0.5, 0.6) is 17.2 Å². The zero-order valence-electron chi connectivity index (χ0n) is 21.5. The predicted molar refractivity (Wildman–Crippen MR) is 143 cm³/mol. The van der Waals surface area contributed by atoms with Crippen molar-refractivity contribution in [2.24, 2.45) is 5.10 Å². The fourth-order valence-electron chi connectivity index (χ4n) is 3.38. The van der Waals surface area contributed by atoms with Crippen LogP contribution in [0.2, 0.25) is 0 Å². The third-order valence-electron chi connectivity index (χ3n) is 5.21. The Kier molecular flexibility index (Phi) is 9.13. The summed E-state index contributed by atoms with van der Waals surface area (Å²) in [6, 6.07) is 18.3. The average Bonchev–Trinajstić information content (AvgIpc) is 2.87. The molecule has 0 unspecified atom stereocenters. The van der Waals surface area contributed by atoms with E-state index >= 15 is 0 Å². The maximum Gasteiger partial charge on any atom is 0.264 e. The number of rotatable bonds is 11.